The van der Waals surface area contributed by atoms with Crippen LogP contribution in [0, 0.1) is 0 Å². The number of nitrogens with two attached hydrogens (primary N) is 1. The molecule has 0 unspecified atom stereocenters. The second-order valence-corrected chi connectivity index (χ2v) is 5.49. The van der Waals surface area contributed by atoms with Crippen LogP contribution in [-0.4, -0.2) is 32.1 Å². The van der Waals surface area contributed by atoms with Gasteiger partial charge in [-0.15, -0.1) is 0 Å². The number of rotatable bonds is 8. The summed E-state index contributed by atoms with van der Waals surface area (Å²) in [5, 5.41) is 6.57. The van der Waals surface area contributed by atoms with E-state index >= 15 is 0 Å². The summed E-state index contributed by atoms with van der Waals surface area (Å²) in [6.07, 6.45) is 0.849. The molecule has 0 atom stereocenters. The van der Waals surface area contributed by atoms with Crippen molar-refractivity contribution in [1.82, 2.24) is 10.6 Å². The molecule has 0 aliphatic carbocycles. The van der Waals surface area contributed by atoms with E-state index in [1.165, 1.54) is 5.56 Å². The van der Waals surface area contributed by atoms with Crippen LogP contribution in [0.25, 0.3) is 0 Å². The van der Waals surface area contributed by atoms with Gasteiger partial charge in [0.05, 0.1) is 0 Å². The van der Waals surface area contributed by atoms with Crippen molar-refractivity contribution < 1.29 is 9.53 Å². The Morgan fingerprint density at radius 2 is 1.76 bits per heavy atom. The van der Waals surface area contributed by atoms with Gasteiger partial charge in [0.25, 0.3) is 5.91 Å². The zero-order valence-electron chi connectivity index (χ0n) is 14.4. The van der Waals surface area contributed by atoms with E-state index in [1.54, 1.807) is 7.05 Å². The maximum Gasteiger partial charge on any atom is 0.255 e. The molecule has 4 N–H and O–H groups in total. The number of aliphatic imine (C=N–C) groups is 1. The fourth-order valence-corrected chi connectivity index (χ4v) is 2.23. The number of ether oxygens (including phenoxy) is 1. The van der Waals surface area contributed by atoms with Gasteiger partial charge in [0.1, 0.15) is 5.75 Å². The Hall–Kier alpha value is -3.02. The van der Waals surface area contributed by atoms with Crippen molar-refractivity contribution in [3.05, 3.63) is 65.7 Å². The number of carbonyl (C=O) groups is 1. The molecular formula is C19H24N4O2. The minimum absolute atomic E-state index is 0.107. The Morgan fingerprint density at radius 3 is 2.40 bits per heavy atom. The lowest BCUT2D eigenvalue weighted by molar-refractivity contribution is -0.119. The molecule has 1 amide bonds. The summed E-state index contributed by atoms with van der Waals surface area (Å²) in [6.45, 7) is 1.38. The van der Waals surface area contributed by atoms with Gasteiger partial charge < -0.3 is 21.1 Å². The number of guanidine groups is 1. The molecule has 25 heavy (non-hydrogen) atoms. The normalized spacial score (nSPS) is 11.0. The SMILES string of the molecule is CN=C(NCCc1ccc(OCC(N)=O)cc1)NCc1ccccc1. The third-order valence-electron chi connectivity index (χ3n) is 3.54. The fraction of sp³-hybridized carbons (Fsp3) is 0.263. The average molecular weight is 340 g/mol. The van der Waals surface area contributed by atoms with Crippen LogP contribution in [0.2, 0.25) is 0 Å². The molecule has 2 aromatic carbocycles. The maximum atomic E-state index is 10.7. The van der Waals surface area contributed by atoms with Gasteiger partial charge in [-0.05, 0) is 29.7 Å². The average Bonchev–Trinajstić information content (AvgIpc) is 2.64. The van der Waals surface area contributed by atoms with E-state index in [0.29, 0.717) is 5.75 Å². The molecule has 132 valence electrons. The topological polar surface area (TPSA) is 88.7 Å². The molecular weight excluding hydrogens is 316 g/mol. The molecule has 2 rings (SSSR count). The molecule has 0 aromatic heterocycles. The van der Waals surface area contributed by atoms with Crippen LogP contribution in [0.3, 0.4) is 0 Å². The smallest absolute Gasteiger partial charge is 0.255 e. The number of hydrogen-bond donors (Lipinski definition) is 3. The molecule has 0 saturated carbocycles. The number of primary amides is 1. The van der Waals surface area contributed by atoms with E-state index in [4.69, 9.17) is 10.5 Å². The van der Waals surface area contributed by atoms with E-state index in [9.17, 15) is 4.79 Å². The maximum absolute atomic E-state index is 10.7. The third-order valence-corrected chi connectivity index (χ3v) is 3.54. The molecule has 2 aromatic rings. The van der Waals surface area contributed by atoms with Crippen LogP contribution in [0.4, 0.5) is 0 Å². The Labute approximate surface area is 148 Å². The van der Waals surface area contributed by atoms with Crippen molar-refractivity contribution in [2.75, 3.05) is 20.2 Å². The molecule has 0 saturated heterocycles. The largest absolute Gasteiger partial charge is 0.484 e. The molecule has 0 heterocycles. The molecule has 0 spiro atoms. The van der Waals surface area contributed by atoms with Crippen LogP contribution in [-0.2, 0) is 17.8 Å². The molecule has 0 aliphatic heterocycles. The highest BCUT2D eigenvalue weighted by atomic mass is 16.5. The molecule has 6 heteroatoms. The number of benzene rings is 2. The summed E-state index contributed by atoms with van der Waals surface area (Å²) in [6, 6.07) is 17.8. The van der Waals surface area contributed by atoms with E-state index in [2.05, 4.69) is 27.8 Å². The lowest BCUT2D eigenvalue weighted by Crippen LogP contribution is -2.37. The Kier molecular flexibility index (Phi) is 7.31. The summed E-state index contributed by atoms with van der Waals surface area (Å²) in [4.78, 5) is 14.9. The van der Waals surface area contributed by atoms with Gasteiger partial charge in [0.2, 0.25) is 0 Å². The minimum Gasteiger partial charge on any atom is -0.484 e. The lowest BCUT2D eigenvalue weighted by atomic mass is 10.1. The first kappa shape index (κ1) is 18.3. The zero-order valence-corrected chi connectivity index (χ0v) is 14.4. The number of nitrogens with one attached hydrogen (secondary N) is 2. The Balaban J connectivity index is 1.72. The van der Waals surface area contributed by atoms with Crippen LogP contribution in [0.15, 0.2) is 59.6 Å². The van der Waals surface area contributed by atoms with Gasteiger partial charge in [-0.3, -0.25) is 9.79 Å². The highest BCUT2D eigenvalue weighted by Crippen LogP contribution is 2.12. The summed E-state index contributed by atoms with van der Waals surface area (Å²) in [5.74, 6) is 0.920. The van der Waals surface area contributed by atoms with Crippen molar-refractivity contribution in [3.63, 3.8) is 0 Å². The first-order chi connectivity index (χ1) is 12.2. The van der Waals surface area contributed by atoms with Gasteiger partial charge in [-0.2, -0.15) is 0 Å². The van der Waals surface area contributed by atoms with Gasteiger partial charge >= 0.3 is 0 Å². The summed E-state index contributed by atoms with van der Waals surface area (Å²) in [5.41, 5.74) is 7.42. The van der Waals surface area contributed by atoms with Crippen molar-refractivity contribution >= 4 is 11.9 Å². The highest BCUT2D eigenvalue weighted by Gasteiger charge is 2.00. The molecule has 0 radical (unpaired) electrons. The van der Waals surface area contributed by atoms with Crippen LogP contribution in [0.1, 0.15) is 11.1 Å². The van der Waals surface area contributed by atoms with E-state index in [-0.39, 0.29) is 6.61 Å². The van der Waals surface area contributed by atoms with Crippen molar-refractivity contribution in [3.8, 4) is 5.75 Å². The summed E-state index contributed by atoms with van der Waals surface area (Å²) < 4.78 is 5.24. The number of amides is 1. The molecule has 0 aliphatic rings. The van der Waals surface area contributed by atoms with Gasteiger partial charge in [-0.1, -0.05) is 42.5 Å². The minimum atomic E-state index is -0.484. The monoisotopic (exact) mass is 340 g/mol. The van der Waals surface area contributed by atoms with Crippen molar-refractivity contribution in [2.45, 2.75) is 13.0 Å². The second-order valence-electron chi connectivity index (χ2n) is 5.49. The van der Waals surface area contributed by atoms with Crippen molar-refractivity contribution in [1.29, 1.82) is 0 Å². The summed E-state index contributed by atoms with van der Waals surface area (Å²) >= 11 is 0. The lowest BCUT2D eigenvalue weighted by Gasteiger charge is -2.12. The summed E-state index contributed by atoms with van der Waals surface area (Å²) in [7, 11) is 1.76. The first-order valence-electron chi connectivity index (χ1n) is 8.16. The number of carbonyl (C=O) groups excluding carboxylic acids is 1. The number of hydrogen-bond acceptors (Lipinski definition) is 3. The predicted octanol–water partition coefficient (Wildman–Crippen LogP) is 1.46. The second kappa shape index (κ2) is 9.97. The van der Waals surface area contributed by atoms with Gasteiger partial charge in [0.15, 0.2) is 12.6 Å². The quantitative estimate of drug-likeness (QED) is 0.501. The van der Waals surface area contributed by atoms with Gasteiger partial charge in [-0.25, -0.2) is 0 Å². The first-order valence-corrected chi connectivity index (χ1v) is 8.16. The zero-order chi connectivity index (χ0) is 17.9. The highest BCUT2D eigenvalue weighted by molar-refractivity contribution is 5.79. The van der Waals surface area contributed by atoms with Crippen LogP contribution < -0.4 is 21.1 Å². The standard InChI is InChI=1S/C19H24N4O2/c1-21-19(23-13-16-5-3-2-4-6-16)22-12-11-15-7-9-17(10-8-15)25-14-18(20)24/h2-10H,11-14H2,1H3,(H2,20,24)(H2,21,22,23). The third kappa shape index (κ3) is 6.95. The van der Waals surface area contributed by atoms with Crippen LogP contribution >= 0.6 is 0 Å². The van der Waals surface area contributed by atoms with E-state index in [1.807, 2.05) is 42.5 Å². The van der Waals surface area contributed by atoms with Crippen LogP contribution in [0.5, 0.6) is 5.75 Å². The van der Waals surface area contributed by atoms with E-state index < -0.39 is 5.91 Å². The molecule has 0 fully saturated rings. The fourth-order valence-electron chi connectivity index (χ4n) is 2.23. The molecule has 0 bridgehead atoms. The predicted molar refractivity (Wildman–Crippen MR) is 99.5 cm³/mol. The van der Waals surface area contributed by atoms with E-state index in [0.717, 1.165) is 31.0 Å². The Morgan fingerprint density at radius 1 is 1.04 bits per heavy atom. The van der Waals surface area contributed by atoms with Crippen molar-refractivity contribution in [2.24, 2.45) is 10.7 Å². The molecule has 6 nitrogen and oxygen atoms in total. The number of nitrogens with zero attached hydrogens (tertiary/aromatic N) is 1. The Bertz CT molecular complexity index is 684. The van der Waals surface area contributed by atoms with Gasteiger partial charge in [0, 0.05) is 20.1 Å².